The molecule has 0 saturated carbocycles. The van der Waals surface area contributed by atoms with Crippen molar-refractivity contribution < 1.29 is 9.90 Å². The predicted octanol–water partition coefficient (Wildman–Crippen LogP) is 3.20. The van der Waals surface area contributed by atoms with E-state index in [1.165, 1.54) is 4.80 Å². The molecule has 1 amide bonds. The number of carbonyl (C=O) groups is 1. The fourth-order valence-electron chi connectivity index (χ4n) is 2.33. The van der Waals surface area contributed by atoms with Crippen LogP contribution in [0.2, 0.25) is 0 Å². The normalized spacial score (nSPS) is 10.8. The molecule has 1 heterocycles. The highest BCUT2D eigenvalue weighted by Gasteiger charge is 2.16. The van der Waals surface area contributed by atoms with Crippen molar-refractivity contribution in [1.82, 2.24) is 15.0 Å². The Morgan fingerprint density at radius 1 is 1.25 bits per heavy atom. The Balaban J connectivity index is 2.12. The highest BCUT2D eigenvalue weighted by molar-refractivity contribution is 6.04. The van der Waals surface area contributed by atoms with Gasteiger partial charge in [0.25, 0.3) is 5.91 Å². The van der Waals surface area contributed by atoms with Crippen LogP contribution in [0.4, 0.5) is 5.69 Å². The first-order chi connectivity index (χ1) is 11.5. The molecule has 0 unspecified atom stereocenters. The molecule has 2 N–H and O–H groups in total. The predicted molar refractivity (Wildman–Crippen MR) is 93.4 cm³/mol. The first-order valence-corrected chi connectivity index (χ1v) is 7.64. The molecule has 1 aromatic heterocycles. The number of phenols is 1. The molecule has 0 spiro atoms. The summed E-state index contributed by atoms with van der Waals surface area (Å²) in [6, 6.07) is 11.0. The van der Waals surface area contributed by atoms with Gasteiger partial charge in [0.1, 0.15) is 16.7 Å². The highest BCUT2D eigenvalue weighted by Crippen LogP contribution is 2.32. The number of aryl methyl sites for hydroxylation is 1. The number of nitrogens with one attached hydrogen (secondary N) is 1. The Labute approximate surface area is 139 Å². The number of hydrogen-bond donors (Lipinski definition) is 2. The van der Waals surface area contributed by atoms with Gasteiger partial charge in [-0.25, -0.2) is 0 Å². The van der Waals surface area contributed by atoms with Gasteiger partial charge >= 0.3 is 0 Å². The van der Waals surface area contributed by atoms with Crippen molar-refractivity contribution in [3.63, 3.8) is 0 Å². The van der Waals surface area contributed by atoms with E-state index < -0.39 is 0 Å². The third-order valence-electron chi connectivity index (χ3n) is 3.70. The minimum Gasteiger partial charge on any atom is -0.504 e. The van der Waals surface area contributed by atoms with E-state index in [2.05, 4.69) is 22.1 Å². The number of fused-ring (bicyclic) bond motifs is 1. The molecule has 0 radical (unpaired) electrons. The van der Waals surface area contributed by atoms with Crippen molar-refractivity contribution in [1.29, 1.82) is 0 Å². The van der Waals surface area contributed by atoms with Gasteiger partial charge in [0, 0.05) is 5.57 Å². The number of nitrogens with zero attached hydrogens (tertiary/aromatic N) is 3. The molecule has 2 aromatic carbocycles. The van der Waals surface area contributed by atoms with E-state index in [1.807, 2.05) is 37.3 Å². The number of aromatic nitrogens is 3. The zero-order chi connectivity index (χ0) is 17.3. The summed E-state index contributed by atoms with van der Waals surface area (Å²) in [5.74, 6) is -0.426. The first kappa shape index (κ1) is 15.7. The molecule has 0 fully saturated rings. The molecule has 0 aliphatic rings. The van der Waals surface area contributed by atoms with Crippen LogP contribution < -0.4 is 5.32 Å². The van der Waals surface area contributed by atoms with Crippen LogP contribution in [0.5, 0.6) is 5.75 Å². The van der Waals surface area contributed by atoms with Crippen molar-refractivity contribution in [3.8, 4) is 11.4 Å². The maximum absolute atomic E-state index is 11.9. The number of benzene rings is 2. The van der Waals surface area contributed by atoms with Crippen LogP contribution in [0, 0.1) is 0 Å². The van der Waals surface area contributed by atoms with Crippen LogP contribution in [-0.2, 0) is 11.2 Å². The van der Waals surface area contributed by atoms with Crippen molar-refractivity contribution >= 4 is 22.6 Å². The first-order valence-electron chi connectivity index (χ1n) is 7.64. The Morgan fingerprint density at radius 3 is 2.42 bits per heavy atom. The number of phenolic OH excluding ortho intramolecular Hbond substituents is 1. The average Bonchev–Trinajstić information content (AvgIpc) is 3.00. The van der Waals surface area contributed by atoms with Gasteiger partial charge in [0.15, 0.2) is 5.75 Å². The maximum atomic E-state index is 11.9. The standard InChI is InChI=1S/C18H18N4O2/c1-4-12-9-15(19-18(24)11(2)3)17(23)16(10-12)22-20-13-7-5-6-8-14(13)21-22/h5-10,23H,2,4H2,1,3H3,(H,19,24). The Morgan fingerprint density at radius 2 is 1.88 bits per heavy atom. The third-order valence-corrected chi connectivity index (χ3v) is 3.70. The molecule has 122 valence electrons. The van der Waals surface area contributed by atoms with Gasteiger partial charge in [-0.2, -0.15) is 0 Å². The zero-order valence-corrected chi connectivity index (χ0v) is 13.6. The average molecular weight is 322 g/mol. The van der Waals surface area contributed by atoms with Crippen LogP contribution in [0.25, 0.3) is 16.7 Å². The van der Waals surface area contributed by atoms with E-state index in [1.54, 1.807) is 13.0 Å². The van der Waals surface area contributed by atoms with Crippen LogP contribution in [-0.4, -0.2) is 26.0 Å². The monoisotopic (exact) mass is 322 g/mol. The molecule has 6 heteroatoms. The molecule has 0 aliphatic carbocycles. The number of carbonyl (C=O) groups excluding carboxylic acids is 1. The second-order valence-electron chi connectivity index (χ2n) is 5.58. The lowest BCUT2D eigenvalue weighted by molar-refractivity contribution is -0.112. The van der Waals surface area contributed by atoms with E-state index in [-0.39, 0.29) is 11.7 Å². The van der Waals surface area contributed by atoms with Gasteiger partial charge in [-0.3, -0.25) is 4.79 Å². The van der Waals surface area contributed by atoms with E-state index in [0.717, 1.165) is 23.0 Å². The Hall–Kier alpha value is -3.15. The van der Waals surface area contributed by atoms with Crippen LogP contribution >= 0.6 is 0 Å². The van der Waals surface area contributed by atoms with Crippen molar-refractivity contribution in [2.75, 3.05) is 5.32 Å². The van der Waals surface area contributed by atoms with Crippen LogP contribution in [0.15, 0.2) is 48.6 Å². The molecule has 24 heavy (non-hydrogen) atoms. The minimum absolute atomic E-state index is 0.0814. The van der Waals surface area contributed by atoms with Crippen LogP contribution in [0.3, 0.4) is 0 Å². The fourth-order valence-corrected chi connectivity index (χ4v) is 2.33. The van der Waals surface area contributed by atoms with E-state index in [4.69, 9.17) is 0 Å². The second kappa shape index (κ2) is 6.16. The molecule has 0 atom stereocenters. The van der Waals surface area contributed by atoms with Gasteiger partial charge in [-0.05, 0) is 43.2 Å². The summed E-state index contributed by atoms with van der Waals surface area (Å²) in [6.45, 7) is 7.21. The molecule has 6 nitrogen and oxygen atoms in total. The van der Waals surface area contributed by atoms with E-state index in [9.17, 15) is 9.90 Å². The maximum Gasteiger partial charge on any atom is 0.250 e. The molecule has 3 rings (SSSR count). The number of anilines is 1. The van der Waals surface area contributed by atoms with Crippen LogP contribution in [0.1, 0.15) is 19.4 Å². The Bertz CT molecular complexity index is 910. The van der Waals surface area contributed by atoms with Crippen molar-refractivity contribution in [2.24, 2.45) is 0 Å². The van der Waals surface area contributed by atoms with E-state index >= 15 is 0 Å². The van der Waals surface area contributed by atoms with Crippen molar-refractivity contribution in [2.45, 2.75) is 20.3 Å². The number of amides is 1. The SMILES string of the molecule is C=C(C)C(=O)Nc1cc(CC)cc(-n2nc3ccccc3n2)c1O. The lowest BCUT2D eigenvalue weighted by Crippen LogP contribution is -2.13. The van der Waals surface area contributed by atoms with Gasteiger partial charge in [-0.15, -0.1) is 15.0 Å². The number of aromatic hydroxyl groups is 1. The molecule has 0 bridgehead atoms. The summed E-state index contributed by atoms with van der Waals surface area (Å²) in [6.07, 6.45) is 0.740. The lowest BCUT2D eigenvalue weighted by atomic mass is 10.1. The zero-order valence-electron chi connectivity index (χ0n) is 13.6. The van der Waals surface area contributed by atoms with Gasteiger partial charge in [-0.1, -0.05) is 25.6 Å². The van der Waals surface area contributed by atoms with Crippen molar-refractivity contribution in [3.05, 3.63) is 54.1 Å². The quantitative estimate of drug-likeness (QED) is 0.571. The molecule has 0 saturated heterocycles. The number of rotatable bonds is 4. The fraction of sp³-hybridized carbons (Fsp3) is 0.167. The second-order valence-corrected chi connectivity index (χ2v) is 5.58. The smallest absolute Gasteiger partial charge is 0.250 e. The lowest BCUT2D eigenvalue weighted by Gasteiger charge is -2.12. The highest BCUT2D eigenvalue weighted by atomic mass is 16.3. The number of hydrogen-bond acceptors (Lipinski definition) is 4. The topological polar surface area (TPSA) is 80.0 Å². The molecular formula is C18H18N4O2. The minimum atomic E-state index is -0.344. The summed E-state index contributed by atoms with van der Waals surface area (Å²) in [5, 5.41) is 22.0. The summed E-state index contributed by atoms with van der Waals surface area (Å²) < 4.78 is 0. The summed E-state index contributed by atoms with van der Waals surface area (Å²) in [7, 11) is 0. The molecule has 3 aromatic rings. The van der Waals surface area contributed by atoms with Gasteiger partial charge < -0.3 is 10.4 Å². The van der Waals surface area contributed by atoms with E-state index in [0.29, 0.717) is 16.9 Å². The third kappa shape index (κ3) is 2.86. The Kier molecular flexibility index (Phi) is 4.04. The molecule has 0 aliphatic heterocycles. The summed E-state index contributed by atoms with van der Waals surface area (Å²) in [4.78, 5) is 13.3. The summed E-state index contributed by atoms with van der Waals surface area (Å²) >= 11 is 0. The summed E-state index contributed by atoms with van der Waals surface area (Å²) in [5.41, 5.74) is 3.50. The largest absolute Gasteiger partial charge is 0.504 e. The van der Waals surface area contributed by atoms with Gasteiger partial charge in [0.05, 0.1) is 5.69 Å². The molecular weight excluding hydrogens is 304 g/mol. The van der Waals surface area contributed by atoms with Gasteiger partial charge in [0.2, 0.25) is 0 Å².